The second-order valence-electron chi connectivity index (χ2n) is 5.29. The number of carbonyl (C=O) groups is 1. The summed E-state index contributed by atoms with van der Waals surface area (Å²) in [6.45, 7) is 6.18. The number of nitrogens with one attached hydrogen (secondary N) is 1. The molecule has 1 amide bonds. The molecule has 1 fully saturated rings. The van der Waals surface area contributed by atoms with E-state index in [1.54, 1.807) is 0 Å². The fraction of sp³-hybridized carbons (Fsp3) is 0.818. The van der Waals surface area contributed by atoms with Crippen molar-refractivity contribution in [1.29, 1.82) is 0 Å². The number of hydrogen-bond acceptors (Lipinski definition) is 2. The molecule has 0 unspecified atom stereocenters. The molecule has 0 radical (unpaired) electrons. The molecule has 0 aromatic carbocycles. The Hall–Kier alpha value is -0.860. The molecule has 0 aromatic rings. The van der Waals surface area contributed by atoms with Gasteiger partial charge in [0.1, 0.15) is 0 Å². The maximum atomic E-state index is 11.6. The monoisotopic (exact) mass is 194 g/mol. The molecule has 0 aromatic heterocycles. The first-order valence-electron chi connectivity index (χ1n) is 5.36. The van der Waals surface area contributed by atoms with E-state index in [1.807, 2.05) is 13.8 Å². The van der Waals surface area contributed by atoms with Crippen LogP contribution in [-0.2, 0) is 4.79 Å². The Balaban J connectivity index is 2.31. The average molecular weight is 194 g/mol. The highest BCUT2D eigenvalue weighted by Crippen LogP contribution is 2.45. The van der Waals surface area contributed by atoms with Gasteiger partial charge in [-0.2, -0.15) is 5.10 Å². The molecule has 1 saturated carbocycles. The number of hydrogen-bond donors (Lipinski definition) is 1. The SMILES string of the molecule is CC1(C2=NNC(=O)C2(C)C)CCCC1. The van der Waals surface area contributed by atoms with Crippen molar-refractivity contribution in [2.24, 2.45) is 15.9 Å². The third-order valence-corrected chi connectivity index (χ3v) is 3.71. The van der Waals surface area contributed by atoms with E-state index < -0.39 is 5.41 Å². The van der Waals surface area contributed by atoms with Gasteiger partial charge in [-0.15, -0.1) is 0 Å². The smallest absolute Gasteiger partial charge is 0.251 e. The van der Waals surface area contributed by atoms with Gasteiger partial charge in [-0.3, -0.25) is 4.79 Å². The number of nitrogens with zero attached hydrogens (tertiary/aromatic N) is 1. The number of carbonyl (C=O) groups excluding carboxylic acids is 1. The third kappa shape index (κ3) is 1.18. The van der Waals surface area contributed by atoms with Gasteiger partial charge in [0.2, 0.25) is 0 Å². The molecule has 0 atom stereocenters. The van der Waals surface area contributed by atoms with E-state index in [0.29, 0.717) is 0 Å². The van der Waals surface area contributed by atoms with Crippen LogP contribution in [0.1, 0.15) is 46.5 Å². The predicted molar refractivity (Wildman–Crippen MR) is 55.9 cm³/mol. The van der Waals surface area contributed by atoms with Gasteiger partial charge in [0.15, 0.2) is 0 Å². The molecule has 1 aliphatic heterocycles. The largest absolute Gasteiger partial charge is 0.272 e. The second kappa shape index (κ2) is 2.81. The summed E-state index contributed by atoms with van der Waals surface area (Å²) in [6, 6.07) is 0. The van der Waals surface area contributed by atoms with Gasteiger partial charge in [0, 0.05) is 5.41 Å². The lowest BCUT2D eigenvalue weighted by Crippen LogP contribution is -2.39. The molecule has 2 aliphatic rings. The lowest BCUT2D eigenvalue weighted by atomic mass is 9.71. The van der Waals surface area contributed by atoms with Crippen molar-refractivity contribution in [1.82, 2.24) is 5.43 Å². The van der Waals surface area contributed by atoms with Crippen LogP contribution < -0.4 is 5.43 Å². The van der Waals surface area contributed by atoms with E-state index in [9.17, 15) is 4.79 Å². The molecule has 1 N–H and O–H groups in total. The quantitative estimate of drug-likeness (QED) is 0.682. The summed E-state index contributed by atoms with van der Waals surface area (Å²) in [4.78, 5) is 11.6. The number of hydrazone groups is 1. The van der Waals surface area contributed by atoms with Gasteiger partial charge in [-0.1, -0.05) is 19.8 Å². The standard InChI is InChI=1S/C11H18N2O/c1-10(2)8(12-13-9(10)14)11(3)6-4-5-7-11/h4-7H2,1-3H3,(H,13,14). The van der Waals surface area contributed by atoms with Crippen molar-refractivity contribution in [3.05, 3.63) is 0 Å². The van der Waals surface area contributed by atoms with Gasteiger partial charge in [-0.05, 0) is 26.7 Å². The number of amides is 1. The minimum atomic E-state index is -0.404. The molecular formula is C11H18N2O. The Morgan fingerprint density at radius 2 is 1.79 bits per heavy atom. The van der Waals surface area contributed by atoms with Crippen LogP contribution in [0.2, 0.25) is 0 Å². The van der Waals surface area contributed by atoms with Crippen LogP contribution in [0.3, 0.4) is 0 Å². The average Bonchev–Trinajstić information content (AvgIpc) is 2.61. The van der Waals surface area contributed by atoms with Crippen molar-refractivity contribution in [2.45, 2.75) is 46.5 Å². The van der Waals surface area contributed by atoms with E-state index in [4.69, 9.17) is 0 Å². The zero-order valence-electron chi connectivity index (χ0n) is 9.18. The topological polar surface area (TPSA) is 41.5 Å². The molecule has 1 heterocycles. The van der Waals surface area contributed by atoms with Gasteiger partial charge >= 0.3 is 0 Å². The first-order valence-corrected chi connectivity index (χ1v) is 5.36. The highest BCUT2D eigenvalue weighted by Gasteiger charge is 2.48. The van der Waals surface area contributed by atoms with Crippen molar-refractivity contribution >= 4 is 11.6 Å². The van der Waals surface area contributed by atoms with Crippen LogP contribution in [-0.4, -0.2) is 11.6 Å². The Kier molecular flexibility index (Phi) is 1.95. The molecule has 3 heteroatoms. The molecule has 14 heavy (non-hydrogen) atoms. The van der Waals surface area contributed by atoms with Crippen molar-refractivity contribution in [2.75, 3.05) is 0 Å². The molecule has 78 valence electrons. The van der Waals surface area contributed by atoms with E-state index in [-0.39, 0.29) is 11.3 Å². The predicted octanol–water partition coefficient (Wildman–Crippen LogP) is 2.08. The summed E-state index contributed by atoms with van der Waals surface area (Å²) in [7, 11) is 0. The van der Waals surface area contributed by atoms with Gasteiger partial charge in [0.25, 0.3) is 5.91 Å². The Morgan fingerprint density at radius 1 is 1.21 bits per heavy atom. The molecule has 2 rings (SSSR count). The van der Waals surface area contributed by atoms with E-state index in [0.717, 1.165) is 5.71 Å². The summed E-state index contributed by atoms with van der Waals surface area (Å²) in [5.41, 5.74) is 3.43. The minimum absolute atomic E-state index is 0.0422. The van der Waals surface area contributed by atoms with Gasteiger partial charge in [-0.25, -0.2) is 5.43 Å². The van der Waals surface area contributed by atoms with Crippen LogP contribution >= 0.6 is 0 Å². The third-order valence-electron chi connectivity index (χ3n) is 3.71. The summed E-state index contributed by atoms with van der Waals surface area (Å²) in [6.07, 6.45) is 4.87. The molecule has 0 spiro atoms. The highest BCUT2D eigenvalue weighted by atomic mass is 16.2. The Labute approximate surface area is 85.0 Å². The summed E-state index contributed by atoms with van der Waals surface area (Å²) in [5.74, 6) is 0.0422. The Morgan fingerprint density at radius 3 is 2.21 bits per heavy atom. The first-order chi connectivity index (χ1) is 6.47. The summed E-state index contributed by atoms with van der Waals surface area (Å²) < 4.78 is 0. The van der Waals surface area contributed by atoms with Gasteiger partial charge < -0.3 is 0 Å². The van der Waals surface area contributed by atoms with Crippen LogP contribution in [0, 0.1) is 10.8 Å². The fourth-order valence-corrected chi connectivity index (χ4v) is 2.78. The highest BCUT2D eigenvalue weighted by molar-refractivity contribution is 6.13. The van der Waals surface area contributed by atoms with Crippen LogP contribution in [0.5, 0.6) is 0 Å². The summed E-state index contributed by atoms with van der Waals surface area (Å²) >= 11 is 0. The van der Waals surface area contributed by atoms with E-state index in [2.05, 4.69) is 17.5 Å². The van der Waals surface area contributed by atoms with Crippen molar-refractivity contribution in [3.8, 4) is 0 Å². The van der Waals surface area contributed by atoms with Crippen LogP contribution in [0.4, 0.5) is 0 Å². The van der Waals surface area contributed by atoms with Gasteiger partial charge in [0.05, 0.1) is 11.1 Å². The Bertz CT molecular complexity index is 298. The maximum absolute atomic E-state index is 11.6. The molecule has 0 bridgehead atoms. The van der Waals surface area contributed by atoms with Crippen molar-refractivity contribution < 1.29 is 4.79 Å². The van der Waals surface area contributed by atoms with Crippen LogP contribution in [0.15, 0.2) is 5.10 Å². The van der Waals surface area contributed by atoms with E-state index in [1.165, 1.54) is 25.7 Å². The first kappa shape index (κ1) is 9.69. The van der Waals surface area contributed by atoms with Crippen LogP contribution in [0.25, 0.3) is 0 Å². The molecule has 3 nitrogen and oxygen atoms in total. The minimum Gasteiger partial charge on any atom is -0.272 e. The molecule has 1 aliphatic carbocycles. The zero-order valence-corrected chi connectivity index (χ0v) is 9.18. The maximum Gasteiger partial charge on any atom is 0.251 e. The van der Waals surface area contributed by atoms with Crippen molar-refractivity contribution in [3.63, 3.8) is 0 Å². The number of rotatable bonds is 1. The lowest BCUT2D eigenvalue weighted by molar-refractivity contribution is -0.125. The fourth-order valence-electron chi connectivity index (χ4n) is 2.78. The molecule has 0 saturated heterocycles. The summed E-state index contributed by atoms with van der Waals surface area (Å²) in [5, 5.41) is 4.24. The second-order valence-corrected chi connectivity index (χ2v) is 5.29. The normalized spacial score (nSPS) is 28.8. The zero-order chi connectivity index (χ0) is 10.4. The molecular weight excluding hydrogens is 176 g/mol. The van der Waals surface area contributed by atoms with E-state index >= 15 is 0 Å². The lowest BCUT2D eigenvalue weighted by Gasteiger charge is -2.30.